The first-order valence-electron chi connectivity index (χ1n) is 5.93. The van der Waals surface area contributed by atoms with E-state index in [1.807, 2.05) is 11.3 Å². The van der Waals surface area contributed by atoms with Crippen molar-refractivity contribution in [3.63, 3.8) is 0 Å². The minimum absolute atomic E-state index is 0.222. The van der Waals surface area contributed by atoms with Crippen molar-refractivity contribution in [2.75, 3.05) is 6.61 Å². The summed E-state index contributed by atoms with van der Waals surface area (Å²) in [5, 5.41) is 12.7. The molecule has 0 bridgehead atoms. The first-order valence-corrected chi connectivity index (χ1v) is 6.74. The molecule has 16 heavy (non-hydrogen) atoms. The van der Waals surface area contributed by atoms with E-state index in [0.717, 1.165) is 13.0 Å². The van der Waals surface area contributed by atoms with Gasteiger partial charge in [0.2, 0.25) is 0 Å². The Labute approximate surface area is 103 Å². The Morgan fingerprint density at radius 1 is 1.38 bits per heavy atom. The highest BCUT2D eigenvalue weighted by Gasteiger charge is 2.10. The van der Waals surface area contributed by atoms with Crippen LogP contribution in [0.15, 0.2) is 6.07 Å². The Hall–Kier alpha value is -0.380. The van der Waals surface area contributed by atoms with Crippen LogP contribution in [0.5, 0.6) is 0 Å². The first kappa shape index (κ1) is 13.7. The third-order valence-corrected chi connectivity index (χ3v) is 3.71. The molecule has 1 heterocycles. The quantitative estimate of drug-likeness (QED) is 0.802. The molecule has 0 aromatic carbocycles. The van der Waals surface area contributed by atoms with Gasteiger partial charge in [-0.05, 0) is 37.8 Å². The summed E-state index contributed by atoms with van der Waals surface area (Å²) < 4.78 is 0. The van der Waals surface area contributed by atoms with E-state index in [1.165, 1.54) is 15.3 Å². The zero-order valence-corrected chi connectivity index (χ0v) is 11.5. The lowest BCUT2D eigenvalue weighted by Gasteiger charge is -2.18. The Bertz CT molecular complexity index is 320. The Kier molecular flexibility index (Phi) is 5.46. The summed E-state index contributed by atoms with van der Waals surface area (Å²) in [6.07, 6.45) is 1.03. The molecule has 1 aromatic rings. The topological polar surface area (TPSA) is 32.3 Å². The molecule has 0 aliphatic rings. The highest BCUT2D eigenvalue weighted by molar-refractivity contribution is 7.12. The van der Waals surface area contributed by atoms with Crippen molar-refractivity contribution < 1.29 is 5.11 Å². The summed E-state index contributed by atoms with van der Waals surface area (Å²) in [7, 11) is 0. The summed E-state index contributed by atoms with van der Waals surface area (Å²) in [5.41, 5.74) is 1.37. The minimum Gasteiger partial charge on any atom is -0.395 e. The second-order valence-electron chi connectivity index (χ2n) is 4.83. The van der Waals surface area contributed by atoms with Gasteiger partial charge < -0.3 is 10.4 Å². The number of hydrogen-bond donors (Lipinski definition) is 2. The Morgan fingerprint density at radius 3 is 2.50 bits per heavy atom. The lowest BCUT2D eigenvalue weighted by molar-refractivity contribution is 0.223. The van der Waals surface area contributed by atoms with Gasteiger partial charge >= 0.3 is 0 Å². The van der Waals surface area contributed by atoms with Crippen LogP contribution in [0.2, 0.25) is 0 Å². The number of rotatable bonds is 6. The standard InChI is InChI=1S/C13H23NOS/c1-9(2)5-13(8-15)14-7-12-6-10(3)16-11(12)4/h6,9,13-15H,5,7-8H2,1-4H3. The van der Waals surface area contributed by atoms with Crippen LogP contribution in [0.1, 0.15) is 35.6 Å². The van der Waals surface area contributed by atoms with E-state index < -0.39 is 0 Å². The van der Waals surface area contributed by atoms with Gasteiger partial charge in [0.1, 0.15) is 0 Å². The van der Waals surface area contributed by atoms with Crippen molar-refractivity contribution in [3.05, 3.63) is 21.4 Å². The summed E-state index contributed by atoms with van der Waals surface area (Å²) in [6.45, 7) is 9.76. The van der Waals surface area contributed by atoms with Crippen molar-refractivity contribution in [1.82, 2.24) is 5.32 Å². The molecule has 0 saturated heterocycles. The predicted octanol–water partition coefficient (Wildman–Crippen LogP) is 2.86. The van der Waals surface area contributed by atoms with Crippen molar-refractivity contribution in [1.29, 1.82) is 0 Å². The average molecular weight is 241 g/mol. The van der Waals surface area contributed by atoms with Crippen LogP contribution >= 0.6 is 11.3 Å². The van der Waals surface area contributed by atoms with E-state index in [1.54, 1.807) is 0 Å². The Morgan fingerprint density at radius 2 is 2.06 bits per heavy atom. The number of aliphatic hydroxyl groups is 1. The minimum atomic E-state index is 0.222. The molecular formula is C13H23NOS. The van der Waals surface area contributed by atoms with E-state index in [-0.39, 0.29) is 12.6 Å². The van der Waals surface area contributed by atoms with Gasteiger partial charge in [0.05, 0.1) is 6.61 Å². The molecule has 0 radical (unpaired) electrons. The maximum Gasteiger partial charge on any atom is 0.0584 e. The second kappa shape index (κ2) is 6.38. The smallest absolute Gasteiger partial charge is 0.0584 e. The number of nitrogens with one attached hydrogen (secondary N) is 1. The van der Waals surface area contributed by atoms with Crippen LogP contribution in [-0.4, -0.2) is 17.8 Å². The van der Waals surface area contributed by atoms with Crippen LogP contribution in [-0.2, 0) is 6.54 Å². The van der Waals surface area contributed by atoms with Gasteiger partial charge in [0, 0.05) is 22.3 Å². The van der Waals surface area contributed by atoms with Crippen LogP contribution < -0.4 is 5.32 Å². The van der Waals surface area contributed by atoms with Gasteiger partial charge in [0.25, 0.3) is 0 Å². The fraction of sp³-hybridized carbons (Fsp3) is 0.692. The summed E-state index contributed by atoms with van der Waals surface area (Å²) in [6, 6.07) is 2.45. The van der Waals surface area contributed by atoms with E-state index in [4.69, 9.17) is 0 Å². The zero-order chi connectivity index (χ0) is 12.1. The third kappa shape index (κ3) is 4.24. The zero-order valence-electron chi connectivity index (χ0n) is 10.7. The van der Waals surface area contributed by atoms with E-state index in [0.29, 0.717) is 5.92 Å². The third-order valence-electron chi connectivity index (χ3n) is 2.70. The molecule has 92 valence electrons. The van der Waals surface area contributed by atoms with E-state index in [9.17, 15) is 5.11 Å². The normalized spacial score (nSPS) is 13.4. The van der Waals surface area contributed by atoms with Gasteiger partial charge in [0.15, 0.2) is 0 Å². The molecule has 1 aromatic heterocycles. The fourth-order valence-corrected chi connectivity index (χ4v) is 2.85. The molecule has 0 aliphatic heterocycles. The highest BCUT2D eigenvalue weighted by atomic mass is 32.1. The molecule has 1 atom stereocenters. The molecule has 3 heteroatoms. The van der Waals surface area contributed by atoms with Gasteiger partial charge in [-0.3, -0.25) is 0 Å². The SMILES string of the molecule is Cc1cc(CNC(CO)CC(C)C)c(C)s1. The Balaban J connectivity index is 2.46. The number of aryl methyl sites for hydroxylation is 2. The van der Waals surface area contributed by atoms with Crippen molar-refractivity contribution >= 4 is 11.3 Å². The van der Waals surface area contributed by atoms with Crippen molar-refractivity contribution in [3.8, 4) is 0 Å². The summed E-state index contributed by atoms with van der Waals surface area (Å²) in [4.78, 5) is 2.74. The van der Waals surface area contributed by atoms with E-state index >= 15 is 0 Å². The molecule has 0 fully saturated rings. The largest absolute Gasteiger partial charge is 0.395 e. The van der Waals surface area contributed by atoms with Gasteiger partial charge in [-0.2, -0.15) is 0 Å². The van der Waals surface area contributed by atoms with Crippen LogP contribution in [0.3, 0.4) is 0 Å². The number of thiophene rings is 1. The number of hydrogen-bond acceptors (Lipinski definition) is 3. The van der Waals surface area contributed by atoms with Gasteiger partial charge in [-0.1, -0.05) is 13.8 Å². The highest BCUT2D eigenvalue weighted by Crippen LogP contribution is 2.20. The van der Waals surface area contributed by atoms with Crippen LogP contribution in [0.4, 0.5) is 0 Å². The monoisotopic (exact) mass is 241 g/mol. The molecule has 2 nitrogen and oxygen atoms in total. The van der Waals surface area contributed by atoms with Crippen LogP contribution in [0, 0.1) is 19.8 Å². The molecular weight excluding hydrogens is 218 g/mol. The molecule has 1 rings (SSSR count). The van der Waals surface area contributed by atoms with Crippen LogP contribution in [0.25, 0.3) is 0 Å². The second-order valence-corrected chi connectivity index (χ2v) is 6.29. The maximum atomic E-state index is 9.27. The molecule has 0 aliphatic carbocycles. The van der Waals surface area contributed by atoms with Crippen molar-refractivity contribution in [2.45, 2.75) is 46.7 Å². The molecule has 0 saturated carbocycles. The van der Waals surface area contributed by atoms with Crippen molar-refractivity contribution in [2.24, 2.45) is 5.92 Å². The molecule has 0 spiro atoms. The van der Waals surface area contributed by atoms with Gasteiger partial charge in [-0.25, -0.2) is 0 Å². The molecule has 0 amide bonds. The summed E-state index contributed by atoms with van der Waals surface area (Å²) >= 11 is 1.84. The average Bonchev–Trinajstić information content (AvgIpc) is 2.51. The predicted molar refractivity (Wildman–Crippen MR) is 71.0 cm³/mol. The summed E-state index contributed by atoms with van der Waals surface area (Å²) in [5.74, 6) is 0.620. The lowest BCUT2D eigenvalue weighted by atomic mass is 10.0. The maximum absolute atomic E-state index is 9.27. The first-order chi connectivity index (χ1) is 7.52. The molecule has 2 N–H and O–H groups in total. The molecule has 1 unspecified atom stereocenters. The lowest BCUT2D eigenvalue weighted by Crippen LogP contribution is -2.33. The number of aliphatic hydroxyl groups excluding tert-OH is 1. The van der Waals surface area contributed by atoms with Gasteiger partial charge in [-0.15, -0.1) is 11.3 Å². The fourth-order valence-electron chi connectivity index (χ4n) is 1.90. The van der Waals surface area contributed by atoms with E-state index in [2.05, 4.69) is 39.1 Å².